The number of urea groups is 1. The molecule has 1 fully saturated rings. The molecule has 3 heterocycles. The molecule has 1 aromatic carbocycles. The second-order valence-electron chi connectivity index (χ2n) is 7.56. The molecule has 13 nitrogen and oxygen atoms in total. The lowest BCUT2D eigenvalue weighted by Gasteiger charge is -2.49. The first kappa shape index (κ1) is 24.6. The molecule has 7 N–H and O–H groups in total. The van der Waals surface area contributed by atoms with Crippen LogP contribution in [0.1, 0.15) is 11.6 Å². The number of aromatic nitrogens is 3. The number of thioether (sulfide) groups is 2. The van der Waals surface area contributed by atoms with Crippen LogP contribution in [-0.2, 0) is 14.4 Å². The van der Waals surface area contributed by atoms with Gasteiger partial charge in [0.25, 0.3) is 5.91 Å². The molecule has 4 rings (SSSR count). The molecule has 3 atom stereocenters. The highest BCUT2D eigenvalue weighted by Crippen LogP contribution is 2.41. The number of rotatable bonds is 8. The summed E-state index contributed by atoms with van der Waals surface area (Å²) in [6, 6.07) is 4.09. The first-order valence-electron chi connectivity index (χ1n) is 10.3. The Morgan fingerprint density at radius 3 is 2.71 bits per heavy atom. The summed E-state index contributed by atoms with van der Waals surface area (Å²) in [5.41, 5.74) is 7.61. The standard InChI is InChI=1S/C20H22N8O5S2/c1-22-20(33)24-11-4-2-9(3-5-11)13(21)16(29)25-14-17(30)28-15(19(31)32)10(8-35-18(14)28)7-34-12-6-23-27-26-12/h2-6,13-14,18H,7-8,21H2,1H3,(H,25,29)(H,31,32)(H2,22,24,33)(H,23,26,27)/t13?,14?,18-/m0/s1. The SMILES string of the molecule is CNC(=O)Nc1ccc(C(N)C(=O)NC2C(=O)N3C(C(=O)O)=C(CSc4c[nH]nn4)CS[C@@H]23)cc1. The zero-order valence-corrected chi connectivity index (χ0v) is 20.0. The minimum absolute atomic E-state index is 0.0660. The maximum atomic E-state index is 12.8. The number of carboxylic acids is 1. The number of nitrogens with zero attached hydrogens (tertiary/aromatic N) is 3. The second-order valence-corrected chi connectivity index (χ2v) is 9.66. The maximum absolute atomic E-state index is 12.8. The summed E-state index contributed by atoms with van der Waals surface area (Å²) < 4.78 is 0. The van der Waals surface area contributed by atoms with Gasteiger partial charge < -0.3 is 26.8 Å². The number of β-lactam (4-membered cyclic amide) rings is 1. The average molecular weight is 519 g/mol. The number of carbonyl (C=O) groups is 4. The molecule has 15 heteroatoms. The van der Waals surface area contributed by atoms with Gasteiger partial charge in [0.15, 0.2) is 0 Å². The van der Waals surface area contributed by atoms with E-state index in [0.29, 0.717) is 33.4 Å². The third-order valence-corrected chi connectivity index (χ3v) is 7.70. The number of nitrogens with two attached hydrogens (primary N) is 1. The number of aromatic amines is 1. The molecule has 0 saturated carbocycles. The summed E-state index contributed by atoms with van der Waals surface area (Å²) in [7, 11) is 1.49. The van der Waals surface area contributed by atoms with E-state index in [1.165, 1.54) is 35.5 Å². The largest absolute Gasteiger partial charge is 0.477 e. The molecule has 1 aromatic heterocycles. The van der Waals surface area contributed by atoms with Crippen LogP contribution in [0.5, 0.6) is 0 Å². The predicted molar refractivity (Wildman–Crippen MR) is 128 cm³/mol. The molecule has 0 bridgehead atoms. The molecule has 0 radical (unpaired) electrons. The van der Waals surface area contributed by atoms with Gasteiger partial charge in [-0.2, -0.15) is 0 Å². The lowest BCUT2D eigenvalue weighted by Crippen LogP contribution is -2.71. The Morgan fingerprint density at radius 2 is 2.09 bits per heavy atom. The van der Waals surface area contributed by atoms with Crippen molar-refractivity contribution in [1.29, 1.82) is 0 Å². The normalized spacial score (nSPS) is 19.9. The van der Waals surface area contributed by atoms with Crippen LogP contribution >= 0.6 is 23.5 Å². The van der Waals surface area contributed by atoms with Gasteiger partial charge in [0.2, 0.25) is 5.91 Å². The number of benzene rings is 1. The number of carbonyl (C=O) groups excluding carboxylic acids is 3. The van der Waals surface area contributed by atoms with Gasteiger partial charge in [-0.15, -0.1) is 16.9 Å². The van der Waals surface area contributed by atoms with Crippen molar-refractivity contribution in [2.24, 2.45) is 5.73 Å². The van der Waals surface area contributed by atoms with Crippen LogP contribution in [-0.4, -0.2) is 79.2 Å². The minimum atomic E-state index is -1.20. The molecular weight excluding hydrogens is 496 g/mol. The molecule has 184 valence electrons. The van der Waals surface area contributed by atoms with Crippen LogP contribution in [0.2, 0.25) is 0 Å². The molecule has 2 aromatic rings. The van der Waals surface area contributed by atoms with Gasteiger partial charge >= 0.3 is 12.0 Å². The monoisotopic (exact) mass is 518 g/mol. The molecular formula is C20H22N8O5S2. The van der Waals surface area contributed by atoms with Crippen molar-refractivity contribution >= 4 is 53.0 Å². The summed E-state index contributed by atoms with van der Waals surface area (Å²) in [6.07, 6.45) is 1.60. The summed E-state index contributed by atoms with van der Waals surface area (Å²) in [4.78, 5) is 50.1. The predicted octanol–water partition coefficient (Wildman–Crippen LogP) is 0.0867. The topological polar surface area (TPSA) is 195 Å². The van der Waals surface area contributed by atoms with Crippen molar-refractivity contribution in [3.8, 4) is 0 Å². The number of aliphatic carboxylic acids is 1. The molecule has 4 amide bonds. The van der Waals surface area contributed by atoms with Crippen molar-refractivity contribution in [1.82, 2.24) is 30.9 Å². The molecule has 2 unspecified atom stereocenters. The van der Waals surface area contributed by atoms with Crippen LogP contribution in [0.25, 0.3) is 0 Å². The number of hydrogen-bond donors (Lipinski definition) is 6. The van der Waals surface area contributed by atoms with Gasteiger partial charge in [-0.05, 0) is 23.3 Å². The fourth-order valence-electron chi connectivity index (χ4n) is 3.58. The fourth-order valence-corrected chi connectivity index (χ4v) is 5.85. The molecule has 2 aliphatic heterocycles. The molecule has 0 spiro atoms. The average Bonchev–Trinajstić information content (AvgIpc) is 3.38. The highest BCUT2D eigenvalue weighted by Gasteiger charge is 2.54. The van der Waals surface area contributed by atoms with E-state index < -0.39 is 35.2 Å². The Balaban J connectivity index is 1.40. The highest BCUT2D eigenvalue weighted by atomic mass is 32.2. The number of nitrogens with one attached hydrogen (secondary N) is 4. The van der Waals surface area contributed by atoms with Gasteiger partial charge in [-0.25, -0.2) is 9.59 Å². The van der Waals surface area contributed by atoms with Gasteiger partial charge in [0, 0.05) is 24.2 Å². The van der Waals surface area contributed by atoms with Gasteiger partial charge in [-0.3, -0.25) is 19.6 Å². The number of amides is 4. The molecule has 0 aliphatic carbocycles. The lowest BCUT2D eigenvalue weighted by molar-refractivity contribution is -0.150. The van der Waals surface area contributed by atoms with Crippen molar-refractivity contribution < 1.29 is 24.3 Å². The highest BCUT2D eigenvalue weighted by molar-refractivity contribution is 8.01. The quantitative estimate of drug-likeness (QED) is 0.206. The lowest BCUT2D eigenvalue weighted by atomic mass is 10.0. The smallest absolute Gasteiger partial charge is 0.352 e. The molecule has 35 heavy (non-hydrogen) atoms. The number of hydrogen-bond acceptors (Lipinski definition) is 9. The number of H-pyrrole nitrogens is 1. The number of anilines is 1. The third-order valence-electron chi connectivity index (χ3n) is 5.37. The molecule has 1 saturated heterocycles. The van der Waals surface area contributed by atoms with E-state index >= 15 is 0 Å². The van der Waals surface area contributed by atoms with Crippen molar-refractivity contribution in [2.45, 2.75) is 22.5 Å². The Morgan fingerprint density at radius 1 is 1.34 bits per heavy atom. The minimum Gasteiger partial charge on any atom is -0.477 e. The van der Waals surface area contributed by atoms with Gasteiger partial charge in [0.05, 0.1) is 6.20 Å². The number of fused-ring (bicyclic) bond motifs is 1. The van der Waals surface area contributed by atoms with Gasteiger partial charge in [-0.1, -0.05) is 29.1 Å². The van der Waals surface area contributed by atoms with E-state index in [1.54, 1.807) is 30.5 Å². The van der Waals surface area contributed by atoms with E-state index in [-0.39, 0.29) is 11.7 Å². The van der Waals surface area contributed by atoms with Crippen LogP contribution in [0.4, 0.5) is 10.5 Å². The van der Waals surface area contributed by atoms with Crippen molar-refractivity contribution in [3.05, 3.63) is 47.3 Å². The maximum Gasteiger partial charge on any atom is 0.352 e. The van der Waals surface area contributed by atoms with E-state index in [1.807, 2.05) is 0 Å². The van der Waals surface area contributed by atoms with Crippen LogP contribution in [0.15, 0.2) is 46.8 Å². The Hall–Kier alpha value is -3.56. The van der Waals surface area contributed by atoms with E-state index in [2.05, 4.69) is 31.4 Å². The first-order valence-corrected chi connectivity index (χ1v) is 12.4. The van der Waals surface area contributed by atoms with Gasteiger partial charge in [0.1, 0.15) is 28.2 Å². The number of carboxylic acid groups (broad SMARTS) is 1. The Kier molecular flexibility index (Phi) is 7.28. The van der Waals surface area contributed by atoms with Crippen molar-refractivity contribution in [3.63, 3.8) is 0 Å². The Labute approximate surface area is 207 Å². The Bertz CT molecular complexity index is 1170. The second kappa shape index (κ2) is 10.4. The van der Waals surface area contributed by atoms with Crippen LogP contribution in [0, 0.1) is 0 Å². The van der Waals surface area contributed by atoms with E-state index in [9.17, 15) is 24.3 Å². The van der Waals surface area contributed by atoms with E-state index in [4.69, 9.17) is 5.73 Å². The summed E-state index contributed by atoms with van der Waals surface area (Å²) in [5, 5.41) is 27.6. The zero-order chi connectivity index (χ0) is 25.1. The van der Waals surface area contributed by atoms with Crippen LogP contribution in [0.3, 0.4) is 0 Å². The van der Waals surface area contributed by atoms with Crippen molar-refractivity contribution in [2.75, 3.05) is 23.9 Å². The summed E-state index contributed by atoms with van der Waals surface area (Å²) in [6.45, 7) is 0. The zero-order valence-electron chi connectivity index (χ0n) is 18.3. The van der Waals surface area contributed by atoms with Crippen LogP contribution < -0.4 is 21.7 Å². The van der Waals surface area contributed by atoms with E-state index in [0.717, 1.165) is 0 Å². The molecule has 2 aliphatic rings. The summed E-state index contributed by atoms with van der Waals surface area (Å²) in [5.74, 6) is -1.55. The summed E-state index contributed by atoms with van der Waals surface area (Å²) >= 11 is 2.69. The first-order chi connectivity index (χ1) is 16.8. The fraction of sp³-hybridized carbons (Fsp3) is 0.300. The third kappa shape index (κ3) is 5.11.